The second kappa shape index (κ2) is 8.52. The first-order chi connectivity index (χ1) is 19.9. The first-order valence-electron chi connectivity index (χ1n) is 14.4. The Morgan fingerprint density at radius 2 is 2.13 bits per heavy atom. The van der Waals surface area contributed by atoms with Crippen molar-refractivity contribution >= 4 is 22.8 Å². The minimum Gasteiger partial charge on any atom is -0.434 e. The highest BCUT2D eigenvalue weighted by molar-refractivity contribution is 5.98. The normalized spacial score (nSPS) is 25.8. The highest BCUT2D eigenvalue weighted by Crippen LogP contribution is 2.50. The van der Waals surface area contributed by atoms with Crippen LogP contribution in [0.2, 0.25) is 0 Å². The van der Waals surface area contributed by atoms with Crippen molar-refractivity contribution in [3.8, 4) is 17.6 Å². The molecule has 3 aliphatic heterocycles. The zero-order valence-corrected chi connectivity index (χ0v) is 20.7. The molecule has 0 spiro atoms. The second-order valence-corrected chi connectivity index (χ2v) is 10.6. The fraction of sp³-hybridized carbons (Fsp3) is 0.414. The zero-order chi connectivity index (χ0) is 29.6. The van der Waals surface area contributed by atoms with E-state index in [-0.39, 0.29) is 35.1 Å². The lowest BCUT2D eigenvalue weighted by Gasteiger charge is -2.24. The van der Waals surface area contributed by atoms with E-state index in [0.29, 0.717) is 54.8 Å². The molecule has 2 amide bonds. The van der Waals surface area contributed by atoms with E-state index in [4.69, 9.17) is 13.8 Å². The number of fused-ring (bicyclic) bond motifs is 9. The summed E-state index contributed by atoms with van der Waals surface area (Å²) in [4.78, 5) is 33.2. The van der Waals surface area contributed by atoms with Crippen LogP contribution in [-0.2, 0) is 4.79 Å². The summed E-state index contributed by atoms with van der Waals surface area (Å²) in [5.74, 6) is 5.49. The number of aliphatic hydroxyl groups is 1. The van der Waals surface area contributed by atoms with Crippen molar-refractivity contribution in [1.82, 2.24) is 19.4 Å². The molecule has 2 aromatic carbocycles. The number of ether oxygens (including phenoxy) is 1. The maximum atomic E-state index is 13.6. The lowest BCUT2D eigenvalue weighted by Crippen LogP contribution is -2.39. The summed E-state index contributed by atoms with van der Waals surface area (Å²) in [5, 5.41) is 10.2. The third-order valence-corrected chi connectivity index (χ3v) is 8.17. The Kier molecular flexibility index (Phi) is 4.57. The summed E-state index contributed by atoms with van der Waals surface area (Å²) in [5.41, 5.74) is 0.829. The Labute approximate surface area is 227 Å². The molecule has 2 fully saturated rings. The first-order valence-corrected chi connectivity index (χ1v) is 12.9. The van der Waals surface area contributed by atoms with Gasteiger partial charge in [-0.3, -0.25) is 9.59 Å². The van der Waals surface area contributed by atoms with Gasteiger partial charge in [-0.1, -0.05) is 17.9 Å². The number of alkyl halides is 2. The molecule has 1 unspecified atom stereocenters. The SMILES string of the molecule is [2H]C([2H])([2H])N1C(=O)c2cccc(OC(F)F)c2[C@H]2C[C@@H]1c1nc3ccc(C#CC4CCN(C(=O)C5(O)CC5)C4)cc3n12. The van der Waals surface area contributed by atoms with E-state index in [0.717, 1.165) is 4.90 Å². The maximum Gasteiger partial charge on any atom is 0.387 e. The van der Waals surface area contributed by atoms with Crippen LogP contribution in [0.1, 0.15) is 69.2 Å². The summed E-state index contributed by atoms with van der Waals surface area (Å²) in [7, 11) is 0. The number of benzene rings is 2. The Morgan fingerprint density at radius 3 is 2.90 bits per heavy atom. The molecular formula is C29H26F2N4O4. The molecule has 0 radical (unpaired) electrons. The molecule has 4 aliphatic rings. The van der Waals surface area contributed by atoms with Gasteiger partial charge in [-0.2, -0.15) is 8.78 Å². The monoisotopic (exact) mass is 535 g/mol. The van der Waals surface area contributed by atoms with Crippen LogP contribution >= 0.6 is 0 Å². The third-order valence-electron chi connectivity index (χ3n) is 8.17. The molecule has 3 atom stereocenters. The average Bonchev–Trinajstić information content (AvgIpc) is 3.25. The lowest BCUT2D eigenvalue weighted by atomic mass is 9.97. The molecule has 4 heterocycles. The standard InChI is InChI=1S/C29H26F2N4O4/c1-33-22-14-21(24-18(26(33)36)3-2-4-23(24)39-28(30)31)35-20-13-16(7-8-19(20)32-25(22)35)5-6-17-9-12-34(15-17)27(37)29(38)10-11-29/h2-4,7-8,13,17,21-22,28,38H,9-12,14-15H2,1H3/t17?,21-,22-/m1/s1/i1D3. The van der Waals surface area contributed by atoms with Crippen molar-refractivity contribution in [2.45, 2.75) is 50.0 Å². The fourth-order valence-electron chi connectivity index (χ4n) is 6.06. The summed E-state index contributed by atoms with van der Waals surface area (Å²) >= 11 is 0. The van der Waals surface area contributed by atoms with Crippen molar-refractivity contribution < 1.29 is 32.3 Å². The van der Waals surface area contributed by atoms with Crippen LogP contribution in [0, 0.1) is 17.8 Å². The first kappa shape index (κ1) is 20.9. The maximum absolute atomic E-state index is 13.6. The van der Waals surface area contributed by atoms with Crippen molar-refractivity contribution in [3.05, 3.63) is 58.9 Å². The number of hydrogen-bond acceptors (Lipinski definition) is 5. The van der Waals surface area contributed by atoms with Crippen LogP contribution in [0.5, 0.6) is 5.75 Å². The largest absolute Gasteiger partial charge is 0.434 e. The van der Waals surface area contributed by atoms with Crippen molar-refractivity contribution in [2.75, 3.05) is 20.1 Å². The molecule has 7 rings (SSSR count). The van der Waals surface area contributed by atoms with Crippen LogP contribution < -0.4 is 4.74 Å². The van der Waals surface area contributed by atoms with Gasteiger partial charge < -0.3 is 24.2 Å². The quantitative estimate of drug-likeness (QED) is 0.519. The Bertz CT molecular complexity index is 1710. The van der Waals surface area contributed by atoms with Gasteiger partial charge in [0.05, 0.1) is 23.1 Å². The fourth-order valence-corrected chi connectivity index (χ4v) is 6.06. The molecule has 3 aromatic rings. The van der Waals surface area contributed by atoms with Gasteiger partial charge in [-0.25, -0.2) is 4.98 Å². The molecule has 200 valence electrons. The van der Waals surface area contributed by atoms with E-state index in [1.807, 2.05) is 6.07 Å². The van der Waals surface area contributed by atoms with E-state index in [1.54, 1.807) is 21.6 Å². The minimum absolute atomic E-state index is 0.00332. The van der Waals surface area contributed by atoms with E-state index >= 15 is 0 Å². The van der Waals surface area contributed by atoms with Crippen LogP contribution in [0.4, 0.5) is 8.78 Å². The van der Waals surface area contributed by atoms with Gasteiger partial charge >= 0.3 is 6.61 Å². The van der Waals surface area contributed by atoms with E-state index < -0.39 is 37.2 Å². The van der Waals surface area contributed by atoms with Gasteiger partial charge in [-0.15, -0.1) is 0 Å². The lowest BCUT2D eigenvalue weighted by molar-refractivity contribution is -0.141. The smallest absolute Gasteiger partial charge is 0.387 e. The number of nitrogens with zero attached hydrogens (tertiary/aromatic N) is 4. The van der Waals surface area contributed by atoms with Gasteiger partial charge in [0.2, 0.25) is 0 Å². The summed E-state index contributed by atoms with van der Waals surface area (Å²) in [6.07, 6.45) is 1.82. The molecule has 1 aliphatic carbocycles. The van der Waals surface area contributed by atoms with Crippen molar-refractivity contribution in [2.24, 2.45) is 5.92 Å². The van der Waals surface area contributed by atoms with E-state index in [2.05, 4.69) is 11.8 Å². The average molecular weight is 536 g/mol. The molecule has 39 heavy (non-hydrogen) atoms. The zero-order valence-electron chi connectivity index (χ0n) is 23.7. The summed E-state index contributed by atoms with van der Waals surface area (Å²) in [6.45, 7) is -4.95. The predicted molar refractivity (Wildman–Crippen MR) is 136 cm³/mol. The molecule has 8 nitrogen and oxygen atoms in total. The number of halogens is 2. The number of rotatable bonds is 3. The molecule has 1 saturated carbocycles. The van der Waals surface area contributed by atoms with Crippen LogP contribution in [0.3, 0.4) is 0 Å². The van der Waals surface area contributed by atoms with E-state index in [9.17, 15) is 23.5 Å². The topological polar surface area (TPSA) is 87.9 Å². The number of likely N-dealkylation sites (tertiary alicyclic amines) is 1. The second-order valence-electron chi connectivity index (χ2n) is 10.6. The van der Waals surface area contributed by atoms with Crippen molar-refractivity contribution in [1.29, 1.82) is 0 Å². The molecular weight excluding hydrogens is 506 g/mol. The highest BCUT2D eigenvalue weighted by atomic mass is 19.3. The Hall–Kier alpha value is -3.97. The number of imidazole rings is 1. The van der Waals surface area contributed by atoms with Crippen molar-refractivity contribution in [3.63, 3.8) is 0 Å². The minimum atomic E-state index is -3.14. The third kappa shape index (κ3) is 3.79. The summed E-state index contributed by atoms with van der Waals surface area (Å²) in [6, 6.07) is 7.96. The number of carbonyl (C=O) groups excluding carboxylic acids is 2. The molecule has 10 heteroatoms. The van der Waals surface area contributed by atoms with E-state index in [1.165, 1.54) is 18.2 Å². The van der Waals surface area contributed by atoms with Gasteiger partial charge in [-0.05, 0) is 49.6 Å². The molecule has 1 N–H and O–H groups in total. The molecule has 1 aromatic heterocycles. The predicted octanol–water partition coefficient (Wildman–Crippen LogP) is 3.48. The number of amides is 2. The number of hydrogen-bond donors (Lipinski definition) is 1. The Morgan fingerprint density at radius 1 is 1.28 bits per heavy atom. The van der Waals surface area contributed by atoms with Crippen LogP contribution in [0.15, 0.2) is 36.4 Å². The van der Waals surface area contributed by atoms with Gasteiger partial charge in [0, 0.05) is 53.2 Å². The van der Waals surface area contributed by atoms with Crippen LogP contribution in [0.25, 0.3) is 11.0 Å². The summed E-state index contributed by atoms with van der Waals surface area (Å²) < 4.78 is 57.8. The van der Waals surface area contributed by atoms with Gasteiger partial charge in [0.25, 0.3) is 11.8 Å². The van der Waals surface area contributed by atoms with Gasteiger partial charge in [0.1, 0.15) is 17.2 Å². The Balaban J connectivity index is 1.28. The highest BCUT2D eigenvalue weighted by Gasteiger charge is 2.51. The number of aromatic nitrogens is 2. The van der Waals surface area contributed by atoms with Gasteiger partial charge in [0.15, 0.2) is 0 Å². The number of carbonyl (C=O) groups is 2. The molecule has 1 saturated heterocycles. The molecule has 2 bridgehead atoms. The van der Waals surface area contributed by atoms with Crippen LogP contribution in [-0.4, -0.2) is 68.5 Å².